The van der Waals surface area contributed by atoms with E-state index in [0.29, 0.717) is 0 Å². The van der Waals surface area contributed by atoms with E-state index in [9.17, 15) is 4.21 Å². The molecule has 0 bridgehead atoms. The Morgan fingerprint density at radius 1 is 0.760 bits per heavy atom. The molecule has 0 aromatic heterocycles. The molecule has 0 heterocycles. The van der Waals surface area contributed by atoms with Crippen LogP contribution in [0, 0.1) is 0 Å². The largest absolute Gasteiger partial charge is 0.254 e. The molecule has 0 aliphatic rings. The van der Waals surface area contributed by atoms with Crippen molar-refractivity contribution < 1.29 is 4.21 Å². The monoisotopic (exact) mass is 366 g/mol. The van der Waals surface area contributed by atoms with Crippen molar-refractivity contribution in [3.63, 3.8) is 0 Å². The molecule has 0 spiro atoms. The molecule has 128 valence electrons. The highest BCUT2D eigenvalue weighted by Gasteiger charge is 2.05. The molecule has 3 aromatic rings. The van der Waals surface area contributed by atoms with Gasteiger partial charge in [-0.1, -0.05) is 67.6 Å². The minimum Gasteiger partial charge on any atom is -0.254 e. The lowest BCUT2D eigenvalue weighted by Crippen LogP contribution is -1.97. The van der Waals surface area contributed by atoms with Crippen LogP contribution < -0.4 is 0 Å². The van der Waals surface area contributed by atoms with Crippen molar-refractivity contribution in [2.75, 3.05) is 5.75 Å². The summed E-state index contributed by atoms with van der Waals surface area (Å²) in [6, 6.07) is 27.1. The number of hydrogen-bond acceptors (Lipinski definition) is 2. The summed E-state index contributed by atoms with van der Waals surface area (Å²) in [4.78, 5) is 3.40. The number of unbranched alkanes of at least 4 members (excludes halogenated alkanes) is 1. The average molecular weight is 367 g/mol. The quantitative estimate of drug-likeness (QED) is 0.480. The summed E-state index contributed by atoms with van der Waals surface area (Å²) in [5.74, 6) is 0.751. The van der Waals surface area contributed by atoms with Gasteiger partial charge in [0, 0.05) is 20.4 Å². The van der Waals surface area contributed by atoms with E-state index >= 15 is 0 Å². The van der Waals surface area contributed by atoms with Gasteiger partial charge in [-0.05, 0) is 53.9 Å². The Bertz CT molecular complexity index is 809. The molecule has 3 aromatic carbocycles. The number of hydrogen-bond donors (Lipinski definition) is 0. The van der Waals surface area contributed by atoms with Gasteiger partial charge in [0.05, 0.1) is 10.8 Å². The predicted octanol–water partition coefficient (Wildman–Crippen LogP) is 6.41. The van der Waals surface area contributed by atoms with Gasteiger partial charge in [0.1, 0.15) is 0 Å². The van der Waals surface area contributed by atoms with Crippen molar-refractivity contribution in [3.8, 4) is 11.1 Å². The number of benzene rings is 3. The second-order valence-corrected chi connectivity index (χ2v) is 8.58. The van der Waals surface area contributed by atoms with Crippen LogP contribution >= 0.6 is 11.8 Å². The van der Waals surface area contributed by atoms with Gasteiger partial charge in [0.2, 0.25) is 0 Å². The third-order valence-electron chi connectivity index (χ3n) is 3.97. The second-order valence-electron chi connectivity index (χ2n) is 5.87. The summed E-state index contributed by atoms with van der Waals surface area (Å²) in [5.41, 5.74) is 2.34. The van der Waals surface area contributed by atoms with Crippen LogP contribution in [0.25, 0.3) is 11.1 Å². The first-order valence-electron chi connectivity index (χ1n) is 8.58. The van der Waals surface area contributed by atoms with Gasteiger partial charge in [-0.15, -0.1) is 0 Å². The fraction of sp³-hybridized carbons (Fsp3) is 0.182. The lowest BCUT2D eigenvalue weighted by molar-refractivity contribution is 0.679. The van der Waals surface area contributed by atoms with E-state index in [1.54, 1.807) is 11.8 Å². The molecule has 0 aliphatic heterocycles. The molecule has 1 nitrogen and oxygen atoms in total. The molecule has 3 heteroatoms. The van der Waals surface area contributed by atoms with Gasteiger partial charge in [0.25, 0.3) is 0 Å². The van der Waals surface area contributed by atoms with Crippen LogP contribution in [0.5, 0.6) is 0 Å². The first kappa shape index (κ1) is 18.0. The zero-order chi connectivity index (χ0) is 17.5. The predicted molar refractivity (Wildman–Crippen MR) is 109 cm³/mol. The summed E-state index contributed by atoms with van der Waals surface area (Å²) in [6.45, 7) is 2.13. The Hall–Kier alpha value is -1.84. The van der Waals surface area contributed by atoms with Crippen molar-refractivity contribution in [2.24, 2.45) is 0 Å². The third kappa shape index (κ3) is 5.07. The first-order valence-corrected chi connectivity index (χ1v) is 10.7. The maximum Gasteiger partial charge on any atom is 0.0529 e. The van der Waals surface area contributed by atoms with Crippen molar-refractivity contribution >= 4 is 22.6 Å². The van der Waals surface area contributed by atoms with E-state index in [1.165, 1.54) is 15.4 Å². The number of rotatable bonds is 7. The molecule has 1 unspecified atom stereocenters. The topological polar surface area (TPSA) is 17.1 Å². The first-order chi connectivity index (χ1) is 12.3. The lowest BCUT2D eigenvalue weighted by Gasteiger charge is -2.06. The zero-order valence-corrected chi connectivity index (χ0v) is 16.0. The van der Waals surface area contributed by atoms with E-state index < -0.39 is 10.8 Å². The van der Waals surface area contributed by atoms with Gasteiger partial charge < -0.3 is 0 Å². The lowest BCUT2D eigenvalue weighted by atomic mass is 10.1. The summed E-state index contributed by atoms with van der Waals surface area (Å²) >= 11 is 1.77. The van der Waals surface area contributed by atoms with Crippen LogP contribution in [-0.4, -0.2) is 9.96 Å². The molecular formula is C22H22OS2. The van der Waals surface area contributed by atoms with E-state index in [-0.39, 0.29) is 0 Å². The molecule has 0 N–H and O–H groups in total. The van der Waals surface area contributed by atoms with Gasteiger partial charge in [0.15, 0.2) is 0 Å². The SMILES string of the molecule is CCCCS(=O)c1ccc(-c2ccc(Sc3ccccc3)cc2)cc1. The average Bonchev–Trinajstić information content (AvgIpc) is 2.68. The summed E-state index contributed by atoms with van der Waals surface area (Å²) in [5, 5.41) is 0. The molecule has 0 radical (unpaired) electrons. The Balaban J connectivity index is 1.68. The summed E-state index contributed by atoms with van der Waals surface area (Å²) in [7, 11) is -0.878. The fourth-order valence-electron chi connectivity index (χ4n) is 2.53. The molecule has 0 fully saturated rings. The van der Waals surface area contributed by atoms with E-state index in [2.05, 4.69) is 67.6 Å². The molecule has 3 rings (SSSR count). The van der Waals surface area contributed by atoms with Gasteiger partial charge in [-0.25, -0.2) is 0 Å². The van der Waals surface area contributed by atoms with Crippen LogP contribution in [0.1, 0.15) is 19.8 Å². The maximum atomic E-state index is 12.2. The fourth-order valence-corrected chi connectivity index (χ4v) is 4.60. The highest BCUT2D eigenvalue weighted by Crippen LogP contribution is 2.29. The van der Waals surface area contributed by atoms with Crippen LogP contribution in [0.3, 0.4) is 0 Å². The van der Waals surface area contributed by atoms with Crippen molar-refractivity contribution in [1.82, 2.24) is 0 Å². The molecule has 0 saturated heterocycles. The Kier molecular flexibility index (Phi) is 6.48. The summed E-state index contributed by atoms with van der Waals surface area (Å²) < 4.78 is 12.2. The van der Waals surface area contributed by atoms with Crippen molar-refractivity contribution in [3.05, 3.63) is 78.9 Å². The standard InChI is InChI=1S/C22H22OS2/c1-2-3-17-25(23)22-15-11-19(12-16-22)18-9-13-21(14-10-18)24-20-7-5-4-6-8-20/h4-16H,2-3,17H2,1H3. The molecule has 1 atom stereocenters. The Labute approximate surface area is 157 Å². The van der Waals surface area contributed by atoms with Crippen LogP contribution in [0.15, 0.2) is 93.5 Å². The van der Waals surface area contributed by atoms with Gasteiger partial charge >= 0.3 is 0 Å². The smallest absolute Gasteiger partial charge is 0.0529 e. The van der Waals surface area contributed by atoms with Gasteiger partial charge in [-0.3, -0.25) is 4.21 Å². The highest BCUT2D eigenvalue weighted by atomic mass is 32.2. The van der Waals surface area contributed by atoms with Crippen LogP contribution in [0.4, 0.5) is 0 Å². The minimum absolute atomic E-state index is 0.751. The minimum atomic E-state index is -0.878. The normalized spacial score (nSPS) is 12.0. The molecular weight excluding hydrogens is 344 g/mol. The van der Waals surface area contributed by atoms with Crippen LogP contribution in [-0.2, 0) is 10.8 Å². The zero-order valence-electron chi connectivity index (χ0n) is 14.4. The molecule has 0 aliphatic carbocycles. The second kappa shape index (κ2) is 9.02. The van der Waals surface area contributed by atoms with E-state index in [0.717, 1.165) is 29.1 Å². The van der Waals surface area contributed by atoms with Crippen molar-refractivity contribution in [1.29, 1.82) is 0 Å². The highest BCUT2D eigenvalue weighted by molar-refractivity contribution is 7.99. The Morgan fingerprint density at radius 2 is 1.32 bits per heavy atom. The summed E-state index contributed by atoms with van der Waals surface area (Å²) in [6.07, 6.45) is 2.09. The van der Waals surface area contributed by atoms with Crippen molar-refractivity contribution in [2.45, 2.75) is 34.5 Å². The molecule has 0 saturated carbocycles. The molecule has 0 amide bonds. The third-order valence-corrected chi connectivity index (χ3v) is 6.44. The van der Waals surface area contributed by atoms with E-state index in [1.807, 2.05) is 18.2 Å². The van der Waals surface area contributed by atoms with Crippen LogP contribution in [0.2, 0.25) is 0 Å². The Morgan fingerprint density at radius 3 is 1.92 bits per heavy atom. The van der Waals surface area contributed by atoms with Gasteiger partial charge in [-0.2, -0.15) is 0 Å². The maximum absolute atomic E-state index is 12.2. The van der Waals surface area contributed by atoms with E-state index in [4.69, 9.17) is 0 Å². The molecule has 25 heavy (non-hydrogen) atoms.